The third-order valence-corrected chi connectivity index (χ3v) is 8.94. The molecule has 2 aromatic rings. The van der Waals surface area contributed by atoms with Gasteiger partial charge in [0.2, 0.25) is 5.91 Å². The predicted octanol–water partition coefficient (Wildman–Crippen LogP) is 4.64. The fraction of sp³-hybridized carbons (Fsp3) is 0.720. The Morgan fingerprint density at radius 3 is 2.75 bits per heavy atom. The quantitative estimate of drug-likeness (QED) is 0.568. The SMILES string of the molecule is Cc1cc(CC(=O)NC2CCC(CCN3CCc4sc(N5CCC[C@H]5C(F)(F)F)nc4C3)CC2)on1. The Labute approximate surface area is 213 Å². The highest BCUT2D eigenvalue weighted by atomic mass is 32.1. The van der Waals surface area contributed by atoms with Gasteiger partial charge in [-0.3, -0.25) is 9.69 Å². The van der Waals surface area contributed by atoms with Gasteiger partial charge in [0.15, 0.2) is 5.13 Å². The summed E-state index contributed by atoms with van der Waals surface area (Å²) in [4.78, 5) is 22.0. The van der Waals surface area contributed by atoms with Gasteiger partial charge in [0.05, 0.1) is 17.8 Å². The lowest BCUT2D eigenvalue weighted by Gasteiger charge is -2.32. The number of nitrogens with zero attached hydrogens (tertiary/aromatic N) is 4. The first-order valence-corrected chi connectivity index (χ1v) is 13.8. The molecule has 1 N–H and O–H groups in total. The van der Waals surface area contributed by atoms with E-state index in [1.165, 1.54) is 16.2 Å². The molecule has 2 fully saturated rings. The zero-order chi connectivity index (χ0) is 25.3. The first-order chi connectivity index (χ1) is 17.2. The van der Waals surface area contributed by atoms with E-state index in [0.717, 1.165) is 74.4 Å². The number of fused-ring (bicyclic) bond motifs is 1. The second-order valence-electron chi connectivity index (χ2n) is 10.5. The molecule has 36 heavy (non-hydrogen) atoms. The van der Waals surface area contributed by atoms with Crippen LogP contribution in [0.4, 0.5) is 18.3 Å². The van der Waals surface area contributed by atoms with Crippen molar-refractivity contribution >= 4 is 22.4 Å². The van der Waals surface area contributed by atoms with Crippen LogP contribution in [0, 0.1) is 12.8 Å². The topological polar surface area (TPSA) is 74.5 Å². The van der Waals surface area contributed by atoms with Crippen molar-refractivity contribution in [1.82, 2.24) is 20.4 Å². The van der Waals surface area contributed by atoms with Gasteiger partial charge in [0.1, 0.15) is 11.8 Å². The van der Waals surface area contributed by atoms with Gasteiger partial charge in [-0.15, -0.1) is 11.3 Å². The average molecular weight is 526 g/mol. The summed E-state index contributed by atoms with van der Waals surface area (Å²) in [5.41, 5.74) is 1.74. The number of nitrogens with one attached hydrogen (secondary N) is 1. The minimum atomic E-state index is -4.20. The number of thiazole rings is 1. The zero-order valence-electron chi connectivity index (χ0n) is 20.6. The third kappa shape index (κ3) is 6.04. The number of carbonyl (C=O) groups is 1. The Bertz CT molecular complexity index is 1050. The fourth-order valence-corrected chi connectivity index (χ4v) is 6.92. The van der Waals surface area contributed by atoms with Crippen molar-refractivity contribution < 1.29 is 22.5 Å². The second-order valence-corrected chi connectivity index (χ2v) is 11.5. The van der Waals surface area contributed by atoms with Crippen LogP contribution in [0.5, 0.6) is 0 Å². The normalized spacial score (nSPS) is 25.2. The maximum atomic E-state index is 13.4. The van der Waals surface area contributed by atoms with E-state index in [1.54, 1.807) is 6.07 Å². The lowest BCUT2D eigenvalue weighted by Crippen LogP contribution is -2.41. The molecule has 0 spiro atoms. The molecular formula is C25H34F3N5O2S. The predicted molar refractivity (Wildman–Crippen MR) is 131 cm³/mol. The molecule has 5 rings (SSSR count). The first-order valence-electron chi connectivity index (χ1n) is 13.0. The molecule has 198 valence electrons. The van der Waals surface area contributed by atoms with Crippen LogP contribution in [0.25, 0.3) is 0 Å². The van der Waals surface area contributed by atoms with E-state index < -0.39 is 12.2 Å². The fourth-order valence-electron chi connectivity index (χ4n) is 5.79. The number of anilines is 1. The first kappa shape index (κ1) is 25.5. The number of amides is 1. The van der Waals surface area contributed by atoms with E-state index in [4.69, 9.17) is 4.52 Å². The highest BCUT2D eigenvalue weighted by Crippen LogP contribution is 2.39. The molecular weight excluding hydrogens is 491 g/mol. The van der Waals surface area contributed by atoms with Crippen LogP contribution < -0.4 is 10.2 Å². The highest BCUT2D eigenvalue weighted by molar-refractivity contribution is 7.15. The average Bonchev–Trinajstić information content (AvgIpc) is 3.57. The molecule has 1 saturated carbocycles. The Morgan fingerprint density at radius 1 is 1.22 bits per heavy atom. The standard InChI is InChI=1S/C25H34F3N5O2S/c1-16-13-19(35-31-16)14-23(34)29-18-6-4-17(5-7-18)8-11-32-12-9-21-20(15-32)30-24(36-21)33-10-2-3-22(33)25(26,27)28/h13,17-18,22H,2-12,14-15H2,1H3,(H,29,34)/t17?,18?,22-/m0/s1. The molecule has 0 bridgehead atoms. The molecule has 1 amide bonds. The molecule has 0 aromatic carbocycles. The minimum absolute atomic E-state index is 0.0168. The third-order valence-electron chi connectivity index (χ3n) is 7.75. The molecule has 11 heteroatoms. The van der Waals surface area contributed by atoms with Crippen molar-refractivity contribution in [3.05, 3.63) is 28.1 Å². The number of halogens is 3. The van der Waals surface area contributed by atoms with Gasteiger partial charge >= 0.3 is 6.18 Å². The summed E-state index contributed by atoms with van der Waals surface area (Å²) in [6, 6.07) is 0.611. The largest absolute Gasteiger partial charge is 0.408 e. The van der Waals surface area contributed by atoms with Crippen LogP contribution in [0.3, 0.4) is 0 Å². The van der Waals surface area contributed by atoms with E-state index in [1.807, 2.05) is 6.92 Å². The van der Waals surface area contributed by atoms with Crippen molar-refractivity contribution in [1.29, 1.82) is 0 Å². The molecule has 0 radical (unpaired) electrons. The number of rotatable bonds is 7. The van der Waals surface area contributed by atoms with Gasteiger partial charge in [-0.2, -0.15) is 13.2 Å². The lowest BCUT2D eigenvalue weighted by molar-refractivity contribution is -0.146. The molecule has 2 aliphatic heterocycles. The van der Waals surface area contributed by atoms with E-state index in [9.17, 15) is 18.0 Å². The summed E-state index contributed by atoms with van der Waals surface area (Å²) in [6.45, 7) is 4.91. The van der Waals surface area contributed by atoms with Crippen LogP contribution in [0.1, 0.15) is 67.0 Å². The van der Waals surface area contributed by atoms with Crippen LogP contribution in [-0.2, 0) is 24.2 Å². The molecule has 4 heterocycles. The second kappa shape index (κ2) is 10.7. The van der Waals surface area contributed by atoms with E-state index in [0.29, 0.717) is 29.8 Å². The summed E-state index contributed by atoms with van der Waals surface area (Å²) < 4.78 is 45.3. The molecule has 1 saturated heterocycles. The van der Waals surface area contributed by atoms with Crippen molar-refractivity contribution in [2.24, 2.45) is 5.92 Å². The van der Waals surface area contributed by atoms with Crippen molar-refractivity contribution in [2.75, 3.05) is 24.5 Å². The van der Waals surface area contributed by atoms with Crippen molar-refractivity contribution in [3.63, 3.8) is 0 Å². The number of aromatic nitrogens is 2. The number of aryl methyl sites for hydroxylation is 1. The molecule has 1 aliphatic carbocycles. The van der Waals surface area contributed by atoms with Crippen molar-refractivity contribution in [3.8, 4) is 0 Å². The molecule has 1 atom stereocenters. The maximum absolute atomic E-state index is 13.4. The highest BCUT2D eigenvalue weighted by Gasteiger charge is 2.47. The van der Waals surface area contributed by atoms with E-state index in [-0.39, 0.29) is 24.8 Å². The maximum Gasteiger partial charge on any atom is 0.408 e. The van der Waals surface area contributed by atoms with Crippen LogP contribution >= 0.6 is 11.3 Å². The summed E-state index contributed by atoms with van der Waals surface area (Å²) in [5, 5.41) is 7.50. The van der Waals surface area contributed by atoms with Gasteiger partial charge in [0, 0.05) is 36.6 Å². The monoisotopic (exact) mass is 525 g/mol. The van der Waals surface area contributed by atoms with Gasteiger partial charge in [-0.05, 0) is 70.8 Å². The molecule has 2 aromatic heterocycles. The van der Waals surface area contributed by atoms with Crippen molar-refractivity contribution in [2.45, 2.75) is 89.5 Å². The van der Waals surface area contributed by atoms with Gasteiger partial charge in [-0.25, -0.2) is 4.98 Å². The molecule has 7 nitrogen and oxygen atoms in total. The lowest BCUT2D eigenvalue weighted by atomic mass is 9.84. The van der Waals surface area contributed by atoms with Crippen LogP contribution in [0.2, 0.25) is 0 Å². The van der Waals surface area contributed by atoms with Crippen LogP contribution in [0.15, 0.2) is 10.6 Å². The Hall–Kier alpha value is -2.14. The van der Waals surface area contributed by atoms with Gasteiger partial charge in [-0.1, -0.05) is 5.16 Å². The van der Waals surface area contributed by atoms with Gasteiger partial charge < -0.3 is 14.7 Å². The van der Waals surface area contributed by atoms with Gasteiger partial charge in [0.25, 0.3) is 0 Å². The number of alkyl halides is 3. The van der Waals surface area contributed by atoms with E-state index >= 15 is 0 Å². The summed E-state index contributed by atoms with van der Waals surface area (Å²) >= 11 is 1.45. The Kier molecular flexibility index (Phi) is 7.57. The number of hydrogen-bond acceptors (Lipinski definition) is 7. The smallest absolute Gasteiger partial charge is 0.361 e. The molecule has 0 unspecified atom stereocenters. The molecule has 3 aliphatic rings. The summed E-state index contributed by atoms with van der Waals surface area (Å²) in [7, 11) is 0. The zero-order valence-corrected chi connectivity index (χ0v) is 21.5. The number of hydrogen-bond donors (Lipinski definition) is 1. The Morgan fingerprint density at radius 2 is 2.03 bits per heavy atom. The summed E-state index contributed by atoms with van der Waals surface area (Å²) in [6.07, 6.45) is 2.88. The Balaban J connectivity index is 1.05. The summed E-state index contributed by atoms with van der Waals surface area (Å²) in [5.74, 6) is 1.22. The minimum Gasteiger partial charge on any atom is -0.361 e. The van der Waals surface area contributed by atoms with E-state index in [2.05, 4.69) is 20.4 Å². The van der Waals surface area contributed by atoms with Crippen LogP contribution in [-0.4, -0.2) is 58.8 Å². The number of carbonyl (C=O) groups excluding carboxylic acids is 1.